The number of carbonyl (C=O) groups excluding carboxylic acids is 2. The van der Waals surface area contributed by atoms with Crippen LogP contribution in [0.3, 0.4) is 0 Å². The van der Waals surface area contributed by atoms with E-state index in [9.17, 15) is 14.0 Å². The number of methoxy groups -OCH3 is 1. The van der Waals surface area contributed by atoms with E-state index in [4.69, 9.17) is 21.1 Å². The fourth-order valence-corrected chi connectivity index (χ4v) is 3.54. The Bertz CT molecular complexity index is 1020. The molecule has 0 bridgehead atoms. The number of fused-ring (bicyclic) bond motifs is 1. The average Bonchev–Trinajstić information content (AvgIpc) is 3.08. The molecule has 5 nitrogen and oxygen atoms in total. The lowest BCUT2D eigenvalue weighted by Gasteiger charge is -2.15. The Morgan fingerprint density at radius 3 is 2.70 bits per heavy atom. The first-order valence-corrected chi connectivity index (χ1v) is 9.12. The normalized spacial score (nSPS) is 11.9. The monoisotopic (exact) mass is 407 g/mol. The second kappa shape index (κ2) is 7.94. The second-order valence-electron chi connectivity index (χ2n) is 5.64. The van der Waals surface area contributed by atoms with Crippen molar-refractivity contribution in [2.75, 3.05) is 12.4 Å². The zero-order valence-corrected chi connectivity index (χ0v) is 16.0. The molecule has 0 aliphatic carbocycles. The number of rotatable bonds is 5. The third-order valence-corrected chi connectivity index (χ3v) is 5.10. The van der Waals surface area contributed by atoms with Gasteiger partial charge in [-0.15, -0.1) is 11.3 Å². The fourth-order valence-electron chi connectivity index (χ4n) is 2.41. The third kappa shape index (κ3) is 4.20. The van der Waals surface area contributed by atoms with Gasteiger partial charge in [0.25, 0.3) is 5.91 Å². The lowest BCUT2D eigenvalue weighted by molar-refractivity contribution is -0.123. The number of hydrogen-bond donors (Lipinski definition) is 1. The van der Waals surface area contributed by atoms with E-state index in [1.807, 2.05) is 0 Å². The summed E-state index contributed by atoms with van der Waals surface area (Å²) in [6.07, 6.45) is -1.07. The van der Waals surface area contributed by atoms with Gasteiger partial charge in [-0.25, -0.2) is 9.18 Å². The third-order valence-electron chi connectivity index (χ3n) is 3.78. The van der Waals surface area contributed by atoms with Crippen LogP contribution in [0.4, 0.5) is 10.1 Å². The Morgan fingerprint density at radius 1 is 1.22 bits per heavy atom. The number of thiophene rings is 1. The summed E-state index contributed by atoms with van der Waals surface area (Å²) >= 11 is 7.03. The molecule has 0 saturated heterocycles. The molecule has 1 aromatic heterocycles. The van der Waals surface area contributed by atoms with Crippen LogP contribution in [0, 0.1) is 5.82 Å². The Hall–Kier alpha value is -2.64. The van der Waals surface area contributed by atoms with Crippen LogP contribution in [0.5, 0.6) is 5.75 Å². The van der Waals surface area contributed by atoms with Crippen molar-refractivity contribution in [1.82, 2.24) is 0 Å². The number of nitrogens with one attached hydrogen (secondary N) is 1. The molecule has 0 unspecified atom stereocenters. The maximum atomic E-state index is 13.8. The van der Waals surface area contributed by atoms with Crippen LogP contribution < -0.4 is 10.1 Å². The first kappa shape index (κ1) is 19.1. The molecule has 0 spiro atoms. The van der Waals surface area contributed by atoms with Gasteiger partial charge in [0.1, 0.15) is 16.4 Å². The van der Waals surface area contributed by atoms with Gasteiger partial charge in [-0.1, -0.05) is 17.7 Å². The number of carbonyl (C=O) groups is 2. The molecule has 1 atom stereocenters. The van der Waals surface area contributed by atoms with E-state index in [0.717, 1.165) is 11.3 Å². The molecule has 0 aliphatic rings. The Balaban J connectivity index is 1.71. The van der Waals surface area contributed by atoms with E-state index >= 15 is 0 Å². The number of hydrogen-bond acceptors (Lipinski definition) is 5. The molecule has 8 heteroatoms. The summed E-state index contributed by atoms with van der Waals surface area (Å²) in [5.74, 6) is -1.24. The van der Waals surface area contributed by atoms with Crippen molar-refractivity contribution in [2.45, 2.75) is 13.0 Å². The molecule has 0 saturated carbocycles. The highest BCUT2D eigenvalue weighted by Crippen LogP contribution is 2.29. The van der Waals surface area contributed by atoms with Crippen molar-refractivity contribution in [2.24, 2.45) is 0 Å². The van der Waals surface area contributed by atoms with Crippen molar-refractivity contribution in [3.63, 3.8) is 0 Å². The summed E-state index contributed by atoms with van der Waals surface area (Å²) in [6.45, 7) is 1.44. The van der Waals surface area contributed by atoms with Gasteiger partial charge in [-0.3, -0.25) is 4.79 Å². The van der Waals surface area contributed by atoms with Crippen LogP contribution in [0.2, 0.25) is 5.02 Å². The summed E-state index contributed by atoms with van der Waals surface area (Å²) in [4.78, 5) is 24.9. The van der Waals surface area contributed by atoms with E-state index in [-0.39, 0.29) is 4.88 Å². The molecule has 0 aliphatic heterocycles. The maximum Gasteiger partial charge on any atom is 0.349 e. The van der Waals surface area contributed by atoms with Crippen LogP contribution in [-0.2, 0) is 9.53 Å². The number of esters is 1. The van der Waals surface area contributed by atoms with Gasteiger partial charge >= 0.3 is 5.97 Å². The number of halogens is 2. The molecule has 1 amide bonds. The summed E-state index contributed by atoms with van der Waals surface area (Å²) in [7, 11) is 1.46. The Kier molecular flexibility index (Phi) is 5.62. The zero-order valence-electron chi connectivity index (χ0n) is 14.4. The molecule has 3 rings (SSSR count). The Labute approximate surface area is 163 Å². The molecule has 27 heavy (non-hydrogen) atoms. The van der Waals surface area contributed by atoms with Gasteiger partial charge in [0, 0.05) is 15.1 Å². The first-order chi connectivity index (χ1) is 12.9. The number of anilines is 1. The van der Waals surface area contributed by atoms with Crippen molar-refractivity contribution < 1.29 is 23.5 Å². The van der Waals surface area contributed by atoms with E-state index in [2.05, 4.69) is 5.32 Å². The van der Waals surface area contributed by atoms with Crippen molar-refractivity contribution >= 4 is 50.6 Å². The number of amides is 1. The second-order valence-corrected chi connectivity index (χ2v) is 7.16. The van der Waals surface area contributed by atoms with Gasteiger partial charge in [-0.05, 0) is 43.3 Å². The smallest absolute Gasteiger partial charge is 0.349 e. The molecular weight excluding hydrogens is 393 g/mol. The number of benzene rings is 2. The van der Waals surface area contributed by atoms with E-state index in [0.29, 0.717) is 26.5 Å². The first-order valence-electron chi connectivity index (χ1n) is 7.92. The summed E-state index contributed by atoms with van der Waals surface area (Å²) in [6, 6.07) is 10.8. The maximum absolute atomic E-state index is 13.8. The van der Waals surface area contributed by atoms with E-state index in [1.54, 1.807) is 24.3 Å². The summed E-state index contributed by atoms with van der Waals surface area (Å²) in [5, 5.41) is 3.37. The average molecular weight is 408 g/mol. The van der Waals surface area contributed by atoms with Gasteiger partial charge in [0.2, 0.25) is 0 Å². The quantitative estimate of drug-likeness (QED) is 0.612. The van der Waals surface area contributed by atoms with E-state index < -0.39 is 23.8 Å². The SMILES string of the molecule is COc1ccc(Cl)cc1NC(=O)[C@@H](C)OC(=O)c1cc2c(F)cccc2s1. The van der Waals surface area contributed by atoms with Gasteiger partial charge < -0.3 is 14.8 Å². The van der Waals surface area contributed by atoms with Crippen molar-refractivity contribution in [1.29, 1.82) is 0 Å². The van der Waals surface area contributed by atoms with Gasteiger partial charge in [0.15, 0.2) is 6.10 Å². The lowest BCUT2D eigenvalue weighted by atomic mass is 10.2. The molecule has 140 valence electrons. The minimum atomic E-state index is -1.07. The van der Waals surface area contributed by atoms with Crippen molar-refractivity contribution in [3.8, 4) is 5.75 Å². The fraction of sp³-hybridized carbons (Fsp3) is 0.158. The molecule has 0 fully saturated rings. The van der Waals surface area contributed by atoms with Crippen LogP contribution in [0.25, 0.3) is 10.1 Å². The van der Waals surface area contributed by atoms with Gasteiger partial charge in [-0.2, -0.15) is 0 Å². The minimum absolute atomic E-state index is 0.218. The highest BCUT2D eigenvalue weighted by Gasteiger charge is 2.22. The number of ether oxygens (including phenoxy) is 2. The van der Waals surface area contributed by atoms with Crippen molar-refractivity contribution in [3.05, 3.63) is 58.2 Å². The molecule has 0 radical (unpaired) electrons. The topological polar surface area (TPSA) is 64.6 Å². The molecule has 1 heterocycles. The van der Waals surface area contributed by atoms with Crippen LogP contribution in [-0.4, -0.2) is 25.1 Å². The Morgan fingerprint density at radius 2 is 2.00 bits per heavy atom. The molecule has 2 aromatic carbocycles. The zero-order chi connectivity index (χ0) is 19.6. The highest BCUT2D eigenvalue weighted by molar-refractivity contribution is 7.20. The van der Waals surface area contributed by atoms with E-state index in [1.165, 1.54) is 32.2 Å². The standard InChI is InChI=1S/C19H15ClFNO4S/c1-10(18(23)22-14-8-11(20)6-7-15(14)25-2)26-19(24)17-9-12-13(21)4-3-5-16(12)27-17/h3-10H,1-2H3,(H,22,23)/t10-/m1/s1. The van der Waals surface area contributed by atoms with Crippen LogP contribution >= 0.6 is 22.9 Å². The minimum Gasteiger partial charge on any atom is -0.495 e. The van der Waals surface area contributed by atoms with Crippen LogP contribution in [0.1, 0.15) is 16.6 Å². The summed E-state index contributed by atoms with van der Waals surface area (Å²) < 4.78 is 24.8. The summed E-state index contributed by atoms with van der Waals surface area (Å²) in [5.41, 5.74) is 0.363. The largest absolute Gasteiger partial charge is 0.495 e. The van der Waals surface area contributed by atoms with Gasteiger partial charge in [0.05, 0.1) is 12.8 Å². The molecule has 1 N–H and O–H groups in total. The highest BCUT2D eigenvalue weighted by atomic mass is 35.5. The molecule has 3 aromatic rings. The van der Waals surface area contributed by atoms with Crippen LogP contribution in [0.15, 0.2) is 42.5 Å². The predicted octanol–water partition coefficient (Wildman–Crippen LogP) is 4.89. The lowest BCUT2D eigenvalue weighted by Crippen LogP contribution is -2.29. The predicted molar refractivity (Wildman–Crippen MR) is 103 cm³/mol. The molecular formula is C19H15ClFNO4S.